The summed E-state index contributed by atoms with van der Waals surface area (Å²) >= 11 is 4.85. The Bertz CT molecular complexity index is 820. The van der Waals surface area contributed by atoms with Gasteiger partial charge in [0.2, 0.25) is 5.91 Å². The molecule has 2 heterocycles. The van der Waals surface area contributed by atoms with Crippen LogP contribution in [0.5, 0.6) is 0 Å². The highest BCUT2D eigenvalue weighted by atomic mass is 32.1. The van der Waals surface area contributed by atoms with E-state index in [1.54, 1.807) is 0 Å². The largest absolute Gasteiger partial charge is 0.411 e. The number of fused-ring (bicyclic) bond motifs is 3. The van der Waals surface area contributed by atoms with Gasteiger partial charge in [-0.25, -0.2) is 0 Å². The lowest BCUT2D eigenvalue weighted by atomic mass is 9.42. The highest BCUT2D eigenvalue weighted by molar-refractivity contribution is 7.81. The van der Waals surface area contributed by atoms with Gasteiger partial charge in [-0.3, -0.25) is 4.79 Å². The topological polar surface area (TPSA) is 111 Å². The fourth-order valence-corrected chi connectivity index (χ4v) is 9.09. The van der Waals surface area contributed by atoms with E-state index < -0.39 is 35.4 Å². The third-order valence-corrected chi connectivity index (χ3v) is 10.6. The molecule has 174 valence electrons. The normalized spacial score (nSPS) is 56.8. The zero-order valence-electron chi connectivity index (χ0n) is 18.8. The zero-order valence-corrected chi connectivity index (χ0v) is 19.7. The van der Waals surface area contributed by atoms with Gasteiger partial charge in [0.25, 0.3) is 0 Å². The third-order valence-electron chi connectivity index (χ3n) is 10.2. The van der Waals surface area contributed by atoms with Crippen LogP contribution in [0.2, 0.25) is 0 Å². The van der Waals surface area contributed by atoms with Crippen LogP contribution in [0.25, 0.3) is 0 Å². The Kier molecular flexibility index (Phi) is 4.85. The fourth-order valence-electron chi connectivity index (χ4n) is 8.44. The molecule has 2 aliphatic heterocycles. The molecule has 3 saturated carbocycles. The van der Waals surface area contributed by atoms with Gasteiger partial charge < -0.3 is 25.5 Å². The summed E-state index contributed by atoms with van der Waals surface area (Å²) in [6.45, 7) is 8.82. The van der Waals surface area contributed by atoms with Crippen molar-refractivity contribution in [1.82, 2.24) is 5.32 Å². The molecule has 0 radical (unpaired) electrons. The lowest BCUT2D eigenvalue weighted by Crippen LogP contribution is -2.74. The van der Waals surface area contributed by atoms with Gasteiger partial charge in [-0.15, -0.1) is 0 Å². The lowest BCUT2D eigenvalue weighted by molar-refractivity contribution is -0.323. The van der Waals surface area contributed by atoms with Crippen LogP contribution in [0, 0.1) is 40.4 Å². The Labute approximate surface area is 189 Å². The van der Waals surface area contributed by atoms with Gasteiger partial charge in [0, 0.05) is 22.5 Å². The number of aliphatic hydroxyl groups excluding tert-OH is 2. The standard InChI is InChI=1S/C23H36N2O5S/c1-10-5-6-15-21(2,3)18(25-29)14(31)9-23(15)22(10,4)8-12-13(26)7-11-16(17(12)30-23)20(28)24-19(11)27/h10-17,20,26,28-29,31H,5-9H2,1-4H3,(H,24,27). The van der Waals surface area contributed by atoms with E-state index in [2.05, 4.69) is 38.2 Å². The maximum Gasteiger partial charge on any atom is 0.225 e. The summed E-state index contributed by atoms with van der Waals surface area (Å²) < 4.78 is 7.16. The molecule has 11 unspecified atom stereocenters. The van der Waals surface area contributed by atoms with Crippen LogP contribution in [0.15, 0.2) is 5.16 Å². The molecule has 8 heteroatoms. The summed E-state index contributed by atoms with van der Waals surface area (Å²) in [7, 11) is 0. The number of ether oxygens (including phenoxy) is 1. The van der Waals surface area contributed by atoms with Crippen molar-refractivity contribution >= 4 is 24.2 Å². The molecule has 0 aromatic carbocycles. The first kappa shape index (κ1) is 22.0. The Balaban J connectivity index is 1.63. The van der Waals surface area contributed by atoms with Crippen LogP contribution in [0.4, 0.5) is 0 Å². The van der Waals surface area contributed by atoms with Crippen LogP contribution in [-0.2, 0) is 9.53 Å². The van der Waals surface area contributed by atoms with E-state index in [-0.39, 0.29) is 34.3 Å². The molecule has 1 amide bonds. The minimum absolute atomic E-state index is 0.116. The molecule has 3 aliphatic carbocycles. The van der Waals surface area contributed by atoms with Crippen molar-refractivity contribution in [3.8, 4) is 0 Å². The van der Waals surface area contributed by atoms with Crippen molar-refractivity contribution < 1.29 is 25.0 Å². The number of hydrogen-bond acceptors (Lipinski definition) is 7. The average molecular weight is 453 g/mol. The van der Waals surface area contributed by atoms with Gasteiger partial charge in [-0.05, 0) is 49.4 Å². The smallest absolute Gasteiger partial charge is 0.225 e. The van der Waals surface area contributed by atoms with Crippen molar-refractivity contribution in [3.05, 3.63) is 0 Å². The van der Waals surface area contributed by atoms with Gasteiger partial charge in [0.05, 0.1) is 29.4 Å². The predicted molar refractivity (Wildman–Crippen MR) is 118 cm³/mol. The number of aliphatic hydroxyl groups is 2. The average Bonchev–Trinajstić information content (AvgIpc) is 2.95. The molecule has 11 atom stereocenters. The Morgan fingerprint density at radius 2 is 1.90 bits per heavy atom. The van der Waals surface area contributed by atoms with E-state index in [1.165, 1.54) is 0 Å². The molecule has 1 spiro atoms. The summed E-state index contributed by atoms with van der Waals surface area (Å²) in [6.07, 6.45) is 1.83. The molecule has 0 aromatic heterocycles. The number of nitrogens with one attached hydrogen (secondary N) is 1. The SMILES string of the molecule is CC1CCC2C(C)(C)C(=NO)C(S)CC23OC2C(CC13C)C(O)CC1C(=O)NC(O)C12. The highest BCUT2D eigenvalue weighted by Crippen LogP contribution is 2.68. The monoisotopic (exact) mass is 452 g/mol. The van der Waals surface area contributed by atoms with Crippen molar-refractivity contribution in [3.63, 3.8) is 0 Å². The molecular formula is C23H36N2O5S. The second-order valence-corrected chi connectivity index (χ2v) is 12.3. The number of carbonyl (C=O) groups is 1. The number of nitrogens with zero attached hydrogens (tertiary/aromatic N) is 1. The van der Waals surface area contributed by atoms with Crippen LogP contribution in [-0.4, -0.2) is 56.3 Å². The molecule has 2 saturated heterocycles. The van der Waals surface area contributed by atoms with Gasteiger partial charge in [0.15, 0.2) is 0 Å². The van der Waals surface area contributed by atoms with Crippen LogP contribution in [0.1, 0.15) is 59.8 Å². The second-order valence-electron chi connectivity index (χ2n) is 11.7. The Morgan fingerprint density at radius 1 is 1.19 bits per heavy atom. The maximum absolute atomic E-state index is 12.5. The third kappa shape index (κ3) is 2.65. The molecule has 0 bridgehead atoms. The van der Waals surface area contributed by atoms with Crippen molar-refractivity contribution in [2.24, 2.45) is 45.6 Å². The Morgan fingerprint density at radius 3 is 2.58 bits per heavy atom. The number of amides is 1. The van der Waals surface area contributed by atoms with Gasteiger partial charge in [-0.2, -0.15) is 12.6 Å². The molecule has 5 fully saturated rings. The lowest BCUT2D eigenvalue weighted by Gasteiger charge is -2.70. The maximum atomic E-state index is 12.5. The van der Waals surface area contributed by atoms with E-state index >= 15 is 0 Å². The van der Waals surface area contributed by atoms with Gasteiger partial charge >= 0.3 is 0 Å². The van der Waals surface area contributed by atoms with Crippen molar-refractivity contribution in [2.45, 2.75) is 89.1 Å². The highest BCUT2D eigenvalue weighted by Gasteiger charge is 2.71. The van der Waals surface area contributed by atoms with Gasteiger partial charge in [0.1, 0.15) is 6.23 Å². The minimum atomic E-state index is -0.948. The molecule has 5 aliphatic rings. The van der Waals surface area contributed by atoms with Crippen LogP contribution < -0.4 is 5.32 Å². The summed E-state index contributed by atoms with van der Waals surface area (Å²) in [4.78, 5) is 12.5. The summed E-state index contributed by atoms with van der Waals surface area (Å²) in [6, 6.07) is 0. The Hall–Kier alpha value is -0.830. The molecule has 7 nitrogen and oxygen atoms in total. The van der Waals surface area contributed by atoms with Gasteiger partial charge in [-0.1, -0.05) is 32.9 Å². The van der Waals surface area contributed by atoms with E-state index in [0.717, 1.165) is 19.3 Å². The van der Waals surface area contributed by atoms with Crippen LogP contribution in [0.3, 0.4) is 0 Å². The molecule has 0 aromatic rings. The minimum Gasteiger partial charge on any atom is -0.411 e. The number of carbonyl (C=O) groups excluding carboxylic acids is 1. The van der Waals surface area contributed by atoms with E-state index in [9.17, 15) is 20.2 Å². The summed E-state index contributed by atoms with van der Waals surface area (Å²) in [5.74, 6) is -0.571. The number of rotatable bonds is 0. The molecule has 5 rings (SSSR count). The molecular weight excluding hydrogens is 416 g/mol. The number of hydrogen-bond donors (Lipinski definition) is 5. The zero-order chi connectivity index (χ0) is 22.5. The number of thiol groups is 1. The van der Waals surface area contributed by atoms with Crippen LogP contribution >= 0.6 is 12.6 Å². The first-order valence-corrected chi connectivity index (χ1v) is 12.2. The van der Waals surface area contributed by atoms with Crippen molar-refractivity contribution in [1.29, 1.82) is 0 Å². The first-order chi connectivity index (χ1) is 14.5. The summed E-state index contributed by atoms with van der Waals surface area (Å²) in [5.41, 5.74) is -0.412. The van der Waals surface area contributed by atoms with E-state index in [4.69, 9.17) is 17.4 Å². The van der Waals surface area contributed by atoms with Crippen molar-refractivity contribution in [2.75, 3.05) is 0 Å². The molecule has 4 N–H and O–H groups in total. The summed E-state index contributed by atoms with van der Waals surface area (Å²) in [5, 5.41) is 37.7. The second kappa shape index (κ2) is 6.84. The quantitative estimate of drug-likeness (QED) is 0.220. The van der Waals surface area contributed by atoms with E-state index in [1.807, 2.05) is 0 Å². The number of oxime groups is 1. The molecule has 31 heavy (non-hydrogen) atoms. The first-order valence-electron chi connectivity index (χ1n) is 11.7. The fraction of sp³-hybridized carbons (Fsp3) is 0.913. The van der Waals surface area contributed by atoms with E-state index in [0.29, 0.717) is 24.5 Å². The predicted octanol–water partition coefficient (Wildman–Crippen LogP) is 2.19.